The van der Waals surface area contributed by atoms with Crippen molar-refractivity contribution in [1.82, 2.24) is 4.72 Å². The van der Waals surface area contributed by atoms with Crippen LogP contribution < -0.4 is 4.72 Å². The summed E-state index contributed by atoms with van der Waals surface area (Å²) in [5, 5.41) is 20.2. The quantitative estimate of drug-likeness (QED) is 0.602. The van der Waals surface area contributed by atoms with Crippen LogP contribution in [0.25, 0.3) is 0 Å². The molecule has 1 aromatic carbocycles. The van der Waals surface area contributed by atoms with Crippen LogP contribution in [-0.2, 0) is 14.8 Å². The van der Waals surface area contributed by atoms with Crippen molar-refractivity contribution < 1.29 is 23.2 Å². The number of carbonyl (C=O) groups is 1. The fourth-order valence-corrected chi connectivity index (χ4v) is 3.41. The molecule has 0 spiro atoms. The van der Waals surface area contributed by atoms with Gasteiger partial charge in [-0.25, -0.2) is 8.42 Å². The summed E-state index contributed by atoms with van der Waals surface area (Å²) in [6, 6.07) is 0.968. The first kappa shape index (κ1) is 18.1. The van der Waals surface area contributed by atoms with Crippen molar-refractivity contribution in [3.8, 4) is 0 Å². The highest BCUT2D eigenvalue weighted by Gasteiger charge is 2.32. The number of nitro groups is 1. The number of hydrogen-bond donors (Lipinski definition) is 2. The van der Waals surface area contributed by atoms with Crippen molar-refractivity contribution in [3.63, 3.8) is 0 Å². The number of nitrogens with one attached hydrogen (secondary N) is 1. The highest BCUT2D eigenvalue weighted by Crippen LogP contribution is 2.27. The average Bonchev–Trinajstić information content (AvgIpc) is 2.37. The highest BCUT2D eigenvalue weighted by molar-refractivity contribution is 7.89. The summed E-state index contributed by atoms with van der Waals surface area (Å²) in [7, 11) is -4.34. The normalized spacial score (nSPS) is 13.1. The number of nitrogens with zero attached hydrogens (tertiary/aromatic N) is 1. The number of carboxylic acid groups (broad SMARTS) is 1. The standard InChI is InChI=1S/C13H18N2O6S/c1-7(2)12(13(16)17)14-22(20,21)11-6-9(4)8(3)5-10(11)15(18)19/h5-7,12,14H,1-4H3,(H,16,17)/t12-/m0/s1. The molecule has 0 aliphatic rings. The number of hydrogen-bond acceptors (Lipinski definition) is 5. The maximum absolute atomic E-state index is 12.4. The first-order chi connectivity index (χ1) is 9.97. The second kappa shape index (κ2) is 6.41. The third-order valence-electron chi connectivity index (χ3n) is 3.28. The molecule has 0 aromatic heterocycles. The molecule has 8 nitrogen and oxygen atoms in total. The maximum atomic E-state index is 12.4. The maximum Gasteiger partial charge on any atom is 0.322 e. The van der Waals surface area contributed by atoms with E-state index >= 15 is 0 Å². The molecule has 0 fully saturated rings. The third-order valence-corrected chi connectivity index (χ3v) is 4.75. The molecule has 0 bridgehead atoms. The summed E-state index contributed by atoms with van der Waals surface area (Å²) < 4.78 is 26.7. The summed E-state index contributed by atoms with van der Waals surface area (Å²) in [5.74, 6) is -1.86. The Labute approximate surface area is 128 Å². The van der Waals surface area contributed by atoms with Crippen LogP contribution in [-0.4, -0.2) is 30.5 Å². The smallest absolute Gasteiger partial charge is 0.322 e. The number of benzene rings is 1. The molecule has 0 radical (unpaired) electrons. The molecule has 0 unspecified atom stereocenters. The molecule has 0 amide bonds. The van der Waals surface area contributed by atoms with Gasteiger partial charge in [0.05, 0.1) is 4.92 Å². The first-order valence-electron chi connectivity index (χ1n) is 6.48. The zero-order valence-electron chi connectivity index (χ0n) is 12.7. The van der Waals surface area contributed by atoms with Crippen LogP contribution in [0.1, 0.15) is 25.0 Å². The summed E-state index contributed by atoms with van der Waals surface area (Å²) >= 11 is 0. The van der Waals surface area contributed by atoms with Crippen LogP contribution in [0, 0.1) is 29.9 Å². The first-order valence-corrected chi connectivity index (χ1v) is 7.96. The monoisotopic (exact) mass is 330 g/mol. The van der Waals surface area contributed by atoms with Gasteiger partial charge in [-0.05, 0) is 37.0 Å². The summed E-state index contributed by atoms with van der Waals surface area (Å²) in [6.45, 7) is 6.32. The van der Waals surface area contributed by atoms with Crippen LogP contribution >= 0.6 is 0 Å². The van der Waals surface area contributed by atoms with Crippen molar-refractivity contribution in [2.75, 3.05) is 0 Å². The van der Waals surface area contributed by atoms with Gasteiger partial charge in [-0.3, -0.25) is 14.9 Å². The second-order valence-electron chi connectivity index (χ2n) is 5.34. The van der Waals surface area contributed by atoms with Gasteiger partial charge in [0.1, 0.15) is 6.04 Å². The molecule has 1 aromatic rings. The number of sulfonamides is 1. The van der Waals surface area contributed by atoms with E-state index in [0.29, 0.717) is 11.1 Å². The van der Waals surface area contributed by atoms with Crippen LogP contribution in [0.2, 0.25) is 0 Å². The van der Waals surface area contributed by atoms with E-state index in [0.717, 1.165) is 6.07 Å². The number of carboxylic acids is 1. The largest absolute Gasteiger partial charge is 0.480 e. The van der Waals surface area contributed by atoms with Crippen LogP contribution in [0.15, 0.2) is 17.0 Å². The Morgan fingerprint density at radius 3 is 2.18 bits per heavy atom. The van der Waals surface area contributed by atoms with Gasteiger partial charge in [0.2, 0.25) is 10.0 Å². The minimum Gasteiger partial charge on any atom is -0.480 e. The van der Waals surface area contributed by atoms with E-state index in [-0.39, 0.29) is 0 Å². The van der Waals surface area contributed by atoms with Crippen molar-refractivity contribution >= 4 is 21.7 Å². The molecular formula is C13H18N2O6S. The fourth-order valence-electron chi connectivity index (χ4n) is 1.83. The molecule has 0 saturated carbocycles. The molecule has 122 valence electrons. The molecular weight excluding hydrogens is 312 g/mol. The summed E-state index contributed by atoms with van der Waals surface area (Å²) in [5.41, 5.74) is 0.551. The Morgan fingerprint density at radius 2 is 1.77 bits per heavy atom. The molecule has 1 atom stereocenters. The molecule has 0 heterocycles. The highest BCUT2D eigenvalue weighted by atomic mass is 32.2. The van der Waals surface area contributed by atoms with Gasteiger partial charge < -0.3 is 5.11 Å². The van der Waals surface area contributed by atoms with Crippen molar-refractivity contribution in [3.05, 3.63) is 33.4 Å². The van der Waals surface area contributed by atoms with Crippen LogP contribution in [0.3, 0.4) is 0 Å². The van der Waals surface area contributed by atoms with E-state index in [2.05, 4.69) is 0 Å². The minimum absolute atomic E-state index is 0.516. The van der Waals surface area contributed by atoms with Gasteiger partial charge in [-0.2, -0.15) is 4.72 Å². The molecule has 9 heteroatoms. The number of aliphatic carboxylic acids is 1. The van der Waals surface area contributed by atoms with Crippen LogP contribution in [0.4, 0.5) is 5.69 Å². The van der Waals surface area contributed by atoms with E-state index in [1.165, 1.54) is 19.9 Å². The fraction of sp³-hybridized carbons (Fsp3) is 0.462. The Morgan fingerprint density at radius 1 is 1.27 bits per heavy atom. The van der Waals surface area contributed by atoms with Gasteiger partial charge in [-0.15, -0.1) is 0 Å². The lowest BCUT2D eigenvalue weighted by Gasteiger charge is -2.18. The molecule has 0 saturated heterocycles. The van der Waals surface area contributed by atoms with Crippen molar-refractivity contribution in [2.45, 2.75) is 38.6 Å². The molecule has 22 heavy (non-hydrogen) atoms. The van der Waals surface area contributed by atoms with Gasteiger partial charge in [-0.1, -0.05) is 13.8 Å². The van der Waals surface area contributed by atoms with Crippen LogP contribution in [0.5, 0.6) is 0 Å². The Bertz CT molecular complexity index is 711. The number of aryl methyl sites for hydroxylation is 2. The second-order valence-corrected chi connectivity index (χ2v) is 7.02. The zero-order valence-corrected chi connectivity index (χ0v) is 13.5. The molecule has 1 rings (SSSR count). The van der Waals surface area contributed by atoms with Crippen molar-refractivity contribution in [1.29, 1.82) is 0 Å². The van der Waals surface area contributed by atoms with Gasteiger partial charge in [0, 0.05) is 6.07 Å². The van der Waals surface area contributed by atoms with Gasteiger partial charge in [0.15, 0.2) is 4.90 Å². The van der Waals surface area contributed by atoms with E-state index in [4.69, 9.17) is 5.11 Å². The Hall–Kier alpha value is -2.00. The average molecular weight is 330 g/mol. The lowest BCUT2D eigenvalue weighted by molar-refractivity contribution is -0.387. The van der Waals surface area contributed by atoms with Gasteiger partial charge in [0.25, 0.3) is 5.69 Å². The van der Waals surface area contributed by atoms with E-state index < -0.39 is 43.5 Å². The van der Waals surface area contributed by atoms with Gasteiger partial charge >= 0.3 is 5.97 Å². The lowest BCUT2D eigenvalue weighted by atomic mass is 10.1. The van der Waals surface area contributed by atoms with E-state index in [1.54, 1.807) is 13.8 Å². The molecule has 2 N–H and O–H groups in total. The summed E-state index contributed by atoms with van der Waals surface area (Å²) in [4.78, 5) is 20.9. The van der Waals surface area contributed by atoms with E-state index in [1.807, 2.05) is 4.72 Å². The Balaban J connectivity index is 3.43. The third kappa shape index (κ3) is 3.80. The number of rotatable bonds is 6. The molecule has 0 aliphatic carbocycles. The predicted octanol–water partition coefficient (Wildman–Crippen LogP) is 1.60. The lowest BCUT2D eigenvalue weighted by Crippen LogP contribution is -2.44. The topological polar surface area (TPSA) is 127 Å². The predicted molar refractivity (Wildman–Crippen MR) is 79.2 cm³/mol. The molecule has 0 aliphatic heterocycles. The summed E-state index contributed by atoms with van der Waals surface area (Å²) in [6.07, 6.45) is 0. The minimum atomic E-state index is -4.34. The SMILES string of the molecule is Cc1cc([N+](=O)[O-])c(S(=O)(=O)N[C@H](C(=O)O)C(C)C)cc1C. The van der Waals surface area contributed by atoms with E-state index in [9.17, 15) is 23.3 Å². The number of nitro benzene ring substituents is 1. The zero-order chi connectivity index (χ0) is 17.2. The Kier molecular flexibility index (Phi) is 5.26. The van der Waals surface area contributed by atoms with Crippen molar-refractivity contribution in [2.24, 2.45) is 5.92 Å².